The van der Waals surface area contributed by atoms with E-state index in [9.17, 15) is 0 Å². The SMILES string of the molecule is CN1CC2(C)C[N-]CC2(C)C1.[V]. The van der Waals surface area contributed by atoms with E-state index < -0.39 is 0 Å². The maximum absolute atomic E-state index is 4.52. The quantitative estimate of drug-likeness (QED) is 0.582. The number of fused-ring (bicyclic) bond motifs is 1. The molecule has 0 aliphatic carbocycles. The summed E-state index contributed by atoms with van der Waals surface area (Å²) in [6, 6.07) is 0. The monoisotopic (exact) mass is 204 g/mol. The maximum Gasteiger partial charge on any atom is 0.00210 e. The van der Waals surface area contributed by atoms with Gasteiger partial charge in [0, 0.05) is 31.6 Å². The van der Waals surface area contributed by atoms with Gasteiger partial charge in [-0.05, 0) is 17.9 Å². The van der Waals surface area contributed by atoms with Crippen molar-refractivity contribution in [1.82, 2.24) is 4.90 Å². The zero-order valence-electron chi connectivity index (χ0n) is 8.17. The summed E-state index contributed by atoms with van der Waals surface area (Å²) in [4.78, 5) is 2.44. The third-order valence-electron chi connectivity index (χ3n) is 3.62. The molecule has 0 aromatic rings. The van der Waals surface area contributed by atoms with E-state index in [0.29, 0.717) is 10.8 Å². The molecular formula is C9H17N2V-. The molecule has 2 heterocycles. The normalized spacial score (nSPS) is 47.2. The summed E-state index contributed by atoms with van der Waals surface area (Å²) < 4.78 is 0. The predicted molar refractivity (Wildman–Crippen MR) is 46.8 cm³/mol. The Morgan fingerprint density at radius 3 is 1.92 bits per heavy atom. The zero-order chi connectivity index (χ0) is 8.11. The molecule has 2 nitrogen and oxygen atoms in total. The van der Waals surface area contributed by atoms with E-state index in [0.717, 1.165) is 13.1 Å². The van der Waals surface area contributed by atoms with Crippen molar-refractivity contribution >= 4 is 0 Å². The van der Waals surface area contributed by atoms with Crippen LogP contribution in [0.3, 0.4) is 0 Å². The standard InChI is InChI=1S/C9H17N2.V/c1-8-4-10-5-9(8,2)7-11(3)6-8;/h4-7H2,1-3H3;/q-1;. The Bertz CT molecular complexity index is 167. The van der Waals surface area contributed by atoms with E-state index >= 15 is 0 Å². The molecule has 0 spiro atoms. The summed E-state index contributed by atoms with van der Waals surface area (Å²) in [7, 11) is 2.22. The molecule has 0 aromatic heterocycles. The Balaban J connectivity index is 0.000000720. The van der Waals surface area contributed by atoms with Crippen molar-refractivity contribution in [3.63, 3.8) is 0 Å². The Hall–Kier alpha value is 0.504. The van der Waals surface area contributed by atoms with E-state index in [4.69, 9.17) is 0 Å². The molecule has 0 amide bonds. The van der Waals surface area contributed by atoms with Crippen molar-refractivity contribution in [3.8, 4) is 0 Å². The molecule has 2 atom stereocenters. The maximum atomic E-state index is 4.52. The van der Waals surface area contributed by atoms with Crippen LogP contribution in [0, 0.1) is 10.8 Å². The average molecular weight is 204 g/mol. The Kier molecular flexibility index (Phi) is 2.66. The van der Waals surface area contributed by atoms with E-state index in [2.05, 4.69) is 31.1 Å². The van der Waals surface area contributed by atoms with Crippen molar-refractivity contribution < 1.29 is 18.6 Å². The van der Waals surface area contributed by atoms with Gasteiger partial charge in [-0.25, -0.2) is 0 Å². The molecule has 0 N–H and O–H groups in total. The first-order valence-corrected chi connectivity index (χ1v) is 4.38. The van der Waals surface area contributed by atoms with Crippen molar-refractivity contribution in [3.05, 3.63) is 5.32 Å². The van der Waals surface area contributed by atoms with Gasteiger partial charge in [0.05, 0.1) is 0 Å². The Morgan fingerprint density at radius 2 is 1.50 bits per heavy atom. The van der Waals surface area contributed by atoms with Crippen LogP contribution in [0.4, 0.5) is 0 Å². The van der Waals surface area contributed by atoms with E-state index in [1.807, 2.05) is 0 Å². The fraction of sp³-hybridized carbons (Fsp3) is 1.00. The summed E-state index contributed by atoms with van der Waals surface area (Å²) in [5.41, 5.74) is 0.948. The smallest absolute Gasteiger partial charge is 0.00210 e. The zero-order valence-corrected chi connectivity index (χ0v) is 9.57. The third-order valence-corrected chi connectivity index (χ3v) is 3.62. The van der Waals surface area contributed by atoms with E-state index in [1.54, 1.807) is 0 Å². The summed E-state index contributed by atoms with van der Waals surface area (Å²) >= 11 is 0. The summed E-state index contributed by atoms with van der Waals surface area (Å²) in [6.45, 7) is 9.38. The molecular weight excluding hydrogens is 187 g/mol. The minimum Gasteiger partial charge on any atom is -0.661 e. The van der Waals surface area contributed by atoms with Gasteiger partial charge >= 0.3 is 0 Å². The number of rotatable bonds is 0. The first kappa shape index (κ1) is 10.6. The van der Waals surface area contributed by atoms with E-state index in [-0.39, 0.29) is 18.6 Å². The molecule has 2 rings (SSSR count). The van der Waals surface area contributed by atoms with Crippen LogP contribution < -0.4 is 0 Å². The van der Waals surface area contributed by atoms with Crippen LogP contribution in [-0.2, 0) is 18.6 Å². The predicted octanol–water partition coefficient (Wildman–Crippen LogP) is 1.33. The molecule has 2 aliphatic heterocycles. The van der Waals surface area contributed by atoms with Crippen molar-refractivity contribution in [2.45, 2.75) is 13.8 Å². The molecule has 69 valence electrons. The van der Waals surface area contributed by atoms with Crippen LogP contribution in [0.2, 0.25) is 0 Å². The van der Waals surface area contributed by atoms with Crippen LogP contribution in [0.25, 0.3) is 5.32 Å². The Labute approximate surface area is 87.0 Å². The average Bonchev–Trinajstić information content (AvgIpc) is 2.16. The Morgan fingerprint density at radius 1 is 1.08 bits per heavy atom. The van der Waals surface area contributed by atoms with Crippen LogP contribution >= 0.6 is 0 Å². The summed E-state index contributed by atoms with van der Waals surface area (Å²) in [6.07, 6.45) is 0. The minimum atomic E-state index is 0. The van der Waals surface area contributed by atoms with Gasteiger partial charge in [0.1, 0.15) is 0 Å². The number of hydrogen-bond donors (Lipinski definition) is 0. The van der Waals surface area contributed by atoms with Crippen molar-refractivity contribution in [2.24, 2.45) is 10.8 Å². The topological polar surface area (TPSA) is 17.3 Å². The number of likely N-dealkylation sites (tertiary alicyclic amines) is 1. The molecule has 2 saturated heterocycles. The minimum absolute atomic E-state index is 0. The van der Waals surface area contributed by atoms with E-state index in [1.165, 1.54) is 13.1 Å². The molecule has 0 bridgehead atoms. The van der Waals surface area contributed by atoms with Gasteiger partial charge in [0.15, 0.2) is 0 Å². The van der Waals surface area contributed by atoms with Crippen LogP contribution in [-0.4, -0.2) is 38.1 Å². The summed E-state index contributed by atoms with van der Waals surface area (Å²) in [5.74, 6) is 0. The van der Waals surface area contributed by atoms with Gasteiger partial charge in [-0.2, -0.15) is 0 Å². The third kappa shape index (κ3) is 1.25. The number of nitrogens with zero attached hydrogens (tertiary/aromatic N) is 2. The molecule has 2 unspecified atom stereocenters. The second kappa shape index (κ2) is 3.02. The largest absolute Gasteiger partial charge is 0.661 e. The van der Waals surface area contributed by atoms with Crippen molar-refractivity contribution in [2.75, 3.05) is 33.2 Å². The molecule has 3 heteroatoms. The molecule has 2 aliphatic rings. The van der Waals surface area contributed by atoms with Gasteiger partial charge in [0.25, 0.3) is 0 Å². The van der Waals surface area contributed by atoms with Gasteiger partial charge in [-0.15, -0.1) is 13.1 Å². The fourth-order valence-electron chi connectivity index (χ4n) is 2.66. The van der Waals surface area contributed by atoms with Gasteiger partial charge < -0.3 is 10.2 Å². The summed E-state index contributed by atoms with van der Waals surface area (Å²) in [5, 5.41) is 4.52. The molecule has 2 fully saturated rings. The van der Waals surface area contributed by atoms with Crippen LogP contribution in [0.1, 0.15) is 13.8 Å². The van der Waals surface area contributed by atoms with Crippen LogP contribution in [0.15, 0.2) is 0 Å². The molecule has 0 aromatic carbocycles. The van der Waals surface area contributed by atoms with Gasteiger partial charge in [-0.1, -0.05) is 13.8 Å². The van der Waals surface area contributed by atoms with Gasteiger partial charge in [0.2, 0.25) is 0 Å². The first-order chi connectivity index (χ1) is 5.06. The first-order valence-electron chi connectivity index (χ1n) is 4.38. The second-order valence-corrected chi connectivity index (χ2v) is 4.83. The van der Waals surface area contributed by atoms with Crippen LogP contribution in [0.5, 0.6) is 0 Å². The number of hydrogen-bond acceptors (Lipinski definition) is 1. The fourth-order valence-corrected chi connectivity index (χ4v) is 2.66. The molecule has 12 heavy (non-hydrogen) atoms. The van der Waals surface area contributed by atoms with Gasteiger partial charge in [-0.3, -0.25) is 0 Å². The van der Waals surface area contributed by atoms with Crippen molar-refractivity contribution in [1.29, 1.82) is 0 Å². The molecule has 1 radical (unpaired) electrons. The molecule has 0 saturated carbocycles. The second-order valence-electron chi connectivity index (χ2n) is 4.83.